The molecule has 0 fully saturated rings. The number of hydrogen-bond donors (Lipinski definition) is 2. The Balaban J connectivity index is 0.000000412. The van der Waals surface area contributed by atoms with Crippen LogP contribution in [0.25, 0.3) is 0 Å². The van der Waals surface area contributed by atoms with Crippen LogP contribution in [0.3, 0.4) is 0 Å². The van der Waals surface area contributed by atoms with Gasteiger partial charge in [0.15, 0.2) is 0 Å². The number of carbonyl (C=O) groups excluding carboxylic acids is 1. The Morgan fingerprint density at radius 2 is 1.92 bits per heavy atom. The van der Waals surface area contributed by atoms with Crippen LogP contribution in [0.2, 0.25) is 0 Å². The number of carboxylic acid groups (broad SMARTS) is 1. The Labute approximate surface area is 151 Å². The van der Waals surface area contributed by atoms with Crippen LogP contribution in [0.1, 0.15) is 33.0 Å². The lowest BCUT2D eigenvalue weighted by molar-refractivity contribution is -0.192. The monoisotopic (exact) mass is 393 g/mol. The second-order valence-electron chi connectivity index (χ2n) is 6.07. The SMILES string of the molecule is CC(C)(C)c1nsc(NC(=O)CCn2ccnc2)n1.O=C(O)C(F)(F)F. The van der Waals surface area contributed by atoms with Gasteiger partial charge in [0.05, 0.1) is 6.33 Å². The number of amides is 1. The Hall–Kier alpha value is -2.50. The number of aliphatic carboxylic acids is 1. The number of carbonyl (C=O) groups is 2. The van der Waals surface area contributed by atoms with E-state index >= 15 is 0 Å². The molecule has 0 saturated heterocycles. The maximum absolute atomic E-state index is 11.8. The molecule has 2 N–H and O–H groups in total. The Bertz CT molecular complexity index is 723. The van der Waals surface area contributed by atoms with Crippen LogP contribution in [0.15, 0.2) is 18.7 Å². The fourth-order valence-electron chi connectivity index (χ4n) is 1.41. The third kappa shape index (κ3) is 7.59. The standard InChI is InChI=1S/C12H17N5OS.C2HF3O2/c1-12(2,3)10-15-11(19-16-10)14-9(18)4-6-17-7-5-13-8-17;3-2(4,5)1(6)7/h5,7-8H,4,6H2,1-3H3,(H,14,15,16,18);(H,6,7). The molecule has 0 aromatic carbocycles. The van der Waals surface area contributed by atoms with Crippen LogP contribution in [-0.2, 0) is 21.5 Å². The lowest BCUT2D eigenvalue weighted by atomic mass is 9.96. The summed E-state index contributed by atoms with van der Waals surface area (Å²) in [5.41, 5.74) is -0.101. The van der Waals surface area contributed by atoms with E-state index in [1.807, 2.05) is 31.5 Å². The lowest BCUT2D eigenvalue weighted by Crippen LogP contribution is -2.21. The zero-order valence-corrected chi connectivity index (χ0v) is 15.1. The summed E-state index contributed by atoms with van der Waals surface area (Å²) in [4.78, 5) is 28.9. The number of imidazole rings is 1. The maximum Gasteiger partial charge on any atom is 0.490 e. The van der Waals surface area contributed by atoms with Crippen LogP contribution < -0.4 is 5.32 Å². The van der Waals surface area contributed by atoms with Crippen LogP contribution in [-0.4, -0.2) is 42.1 Å². The van der Waals surface area contributed by atoms with E-state index in [0.29, 0.717) is 18.1 Å². The molecule has 144 valence electrons. The van der Waals surface area contributed by atoms with Gasteiger partial charge in [0.1, 0.15) is 5.82 Å². The minimum Gasteiger partial charge on any atom is -0.475 e. The molecule has 0 aliphatic rings. The molecule has 2 rings (SSSR count). The number of rotatable bonds is 4. The van der Waals surface area contributed by atoms with E-state index in [9.17, 15) is 18.0 Å². The molecule has 2 heterocycles. The molecule has 0 unspecified atom stereocenters. The third-order valence-corrected chi connectivity index (χ3v) is 3.37. The number of alkyl halides is 3. The van der Waals surface area contributed by atoms with Gasteiger partial charge < -0.3 is 15.0 Å². The van der Waals surface area contributed by atoms with E-state index < -0.39 is 12.1 Å². The van der Waals surface area contributed by atoms with Gasteiger partial charge >= 0.3 is 12.1 Å². The predicted molar refractivity (Wildman–Crippen MR) is 87.8 cm³/mol. The summed E-state index contributed by atoms with van der Waals surface area (Å²) >= 11 is 1.22. The lowest BCUT2D eigenvalue weighted by Gasteiger charge is -2.12. The van der Waals surface area contributed by atoms with Crippen LogP contribution >= 0.6 is 11.5 Å². The Morgan fingerprint density at radius 3 is 2.35 bits per heavy atom. The average Bonchev–Trinajstić information content (AvgIpc) is 3.15. The van der Waals surface area contributed by atoms with Crippen LogP contribution in [0.5, 0.6) is 0 Å². The van der Waals surface area contributed by atoms with Crippen molar-refractivity contribution in [3.05, 3.63) is 24.5 Å². The quantitative estimate of drug-likeness (QED) is 0.826. The van der Waals surface area contributed by atoms with E-state index in [1.54, 1.807) is 12.5 Å². The normalized spacial score (nSPS) is 11.5. The fourth-order valence-corrected chi connectivity index (χ4v) is 2.18. The largest absolute Gasteiger partial charge is 0.490 e. The summed E-state index contributed by atoms with van der Waals surface area (Å²) in [6.07, 6.45) is 0.519. The highest BCUT2D eigenvalue weighted by Crippen LogP contribution is 2.22. The fraction of sp³-hybridized carbons (Fsp3) is 0.500. The summed E-state index contributed by atoms with van der Waals surface area (Å²) in [5, 5.41) is 10.5. The number of hydrogen-bond acceptors (Lipinski definition) is 6. The summed E-state index contributed by atoms with van der Waals surface area (Å²) in [7, 11) is 0. The van der Waals surface area contributed by atoms with E-state index in [0.717, 1.165) is 5.82 Å². The highest BCUT2D eigenvalue weighted by Gasteiger charge is 2.38. The molecule has 2 aromatic rings. The highest BCUT2D eigenvalue weighted by molar-refractivity contribution is 7.09. The number of carboxylic acids is 1. The summed E-state index contributed by atoms with van der Waals surface area (Å²) < 4.78 is 37.8. The molecule has 1 amide bonds. The molecule has 26 heavy (non-hydrogen) atoms. The summed E-state index contributed by atoms with van der Waals surface area (Å²) in [6.45, 7) is 6.73. The summed E-state index contributed by atoms with van der Waals surface area (Å²) in [5.74, 6) is -2.07. The molecule has 0 spiro atoms. The minimum absolute atomic E-state index is 0.0645. The predicted octanol–water partition coefficient (Wildman–Crippen LogP) is 2.69. The number of aryl methyl sites for hydroxylation is 1. The second kappa shape index (κ2) is 8.74. The molecule has 12 heteroatoms. The van der Waals surface area contributed by atoms with Crippen molar-refractivity contribution in [2.75, 3.05) is 5.32 Å². The van der Waals surface area contributed by atoms with Crippen molar-refractivity contribution in [2.24, 2.45) is 0 Å². The average molecular weight is 393 g/mol. The van der Waals surface area contributed by atoms with Crippen LogP contribution in [0, 0.1) is 0 Å². The molecular formula is C14H18F3N5O3S. The number of anilines is 1. The number of aromatic nitrogens is 4. The van der Waals surface area contributed by atoms with Crippen molar-refractivity contribution in [1.29, 1.82) is 0 Å². The number of halogens is 3. The van der Waals surface area contributed by atoms with Gasteiger partial charge in [0, 0.05) is 42.3 Å². The molecule has 0 bridgehead atoms. The number of nitrogens with one attached hydrogen (secondary N) is 1. The number of nitrogens with zero attached hydrogens (tertiary/aromatic N) is 4. The van der Waals surface area contributed by atoms with Crippen molar-refractivity contribution in [1.82, 2.24) is 18.9 Å². The van der Waals surface area contributed by atoms with Gasteiger partial charge in [-0.15, -0.1) is 0 Å². The van der Waals surface area contributed by atoms with E-state index in [4.69, 9.17) is 9.90 Å². The van der Waals surface area contributed by atoms with Crippen molar-refractivity contribution >= 4 is 28.5 Å². The van der Waals surface area contributed by atoms with Gasteiger partial charge in [0.25, 0.3) is 0 Å². The molecule has 8 nitrogen and oxygen atoms in total. The third-order valence-electron chi connectivity index (χ3n) is 2.74. The first-order chi connectivity index (χ1) is 11.9. The zero-order valence-electron chi connectivity index (χ0n) is 14.2. The van der Waals surface area contributed by atoms with Gasteiger partial charge in [-0.2, -0.15) is 17.5 Å². The Kier molecular flexibility index (Phi) is 7.24. The van der Waals surface area contributed by atoms with Gasteiger partial charge in [-0.1, -0.05) is 20.8 Å². The molecule has 2 aromatic heterocycles. The van der Waals surface area contributed by atoms with Crippen LogP contribution in [0.4, 0.5) is 18.3 Å². The van der Waals surface area contributed by atoms with E-state index in [2.05, 4.69) is 19.7 Å². The molecular weight excluding hydrogens is 375 g/mol. The smallest absolute Gasteiger partial charge is 0.475 e. The first-order valence-corrected chi connectivity index (χ1v) is 8.07. The minimum atomic E-state index is -5.08. The van der Waals surface area contributed by atoms with E-state index in [-0.39, 0.29) is 11.3 Å². The first kappa shape index (κ1) is 21.5. The van der Waals surface area contributed by atoms with Gasteiger partial charge in [-0.05, 0) is 0 Å². The zero-order chi connectivity index (χ0) is 20.0. The molecule has 0 saturated carbocycles. The first-order valence-electron chi connectivity index (χ1n) is 7.29. The second-order valence-corrected chi connectivity index (χ2v) is 6.83. The van der Waals surface area contributed by atoms with Crippen molar-refractivity contribution in [3.8, 4) is 0 Å². The Morgan fingerprint density at radius 1 is 1.31 bits per heavy atom. The van der Waals surface area contributed by atoms with E-state index in [1.165, 1.54) is 11.5 Å². The van der Waals surface area contributed by atoms with Crippen molar-refractivity contribution in [2.45, 2.75) is 45.3 Å². The molecule has 0 aliphatic carbocycles. The molecule has 0 aliphatic heterocycles. The molecule has 0 atom stereocenters. The summed E-state index contributed by atoms with van der Waals surface area (Å²) in [6, 6.07) is 0. The highest BCUT2D eigenvalue weighted by atomic mass is 32.1. The van der Waals surface area contributed by atoms with Crippen molar-refractivity contribution in [3.63, 3.8) is 0 Å². The topological polar surface area (TPSA) is 110 Å². The van der Waals surface area contributed by atoms with Crippen molar-refractivity contribution < 1.29 is 27.9 Å². The van der Waals surface area contributed by atoms with Gasteiger partial charge in [-0.3, -0.25) is 4.79 Å². The van der Waals surface area contributed by atoms with Gasteiger partial charge in [0.2, 0.25) is 11.0 Å². The molecule has 0 radical (unpaired) electrons. The maximum atomic E-state index is 11.8. The van der Waals surface area contributed by atoms with Gasteiger partial charge in [-0.25, -0.2) is 14.8 Å².